The summed E-state index contributed by atoms with van der Waals surface area (Å²) in [5, 5.41) is 9.38. The van der Waals surface area contributed by atoms with Crippen molar-refractivity contribution in [1.82, 2.24) is 4.98 Å². The van der Waals surface area contributed by atoms with Gasteiger partial charge in [-0.3, -0.25) is 0 Å². The average Bonchev–Trinajstić information content (AvgIpc) is 2.76. The van der Waals surface area contributed by atoms with Crippen LogP contribution in [0.4, 0.5) is 0 Å². The lowest BCUT2D eigenvalue weighted by Gasteiger charge is -2.05. The van der Waals surface area contributed by atoms with Gasteiger partial charge < -0.3 is 9.52 Å². The first-order valence-electron chi connectivity index (χ1n) is 5.39. The van der Waals surface area contributed by atoms with Crippen LogP contribution in [0.25, 0.3) is 11.5 Å². The molecule has 18 heavy (non-hydrogen) atoms. The van der Waals surface area contributed by atoms with Crippen molar-refractivity contribution in [3.8, 4) is 17.2 Å². The lowest BCUT2D eigenvalue weighted by atomic mass is 10.2. The molecular weight excluding hydrogens is 254 g/mol. The standard InChI is InChI=1S/C12H13NO4S/c1-3-8-7-17-12(13-8)10-5-4-9(14)6-11(10)18(2,15)16/h4-7,14H,3H2,1-2H3. The van der Waals surface area contributed by atoms with Crippen LogP contribution in [0.1, 0.15) is 12.6 Å². The fourth-order valence-corrected chi connectivity index (χ4v) is 2.48. The van der Waals surface area contributed by atoms with Crippen LogP contribution in [0.15, 0.2) is 33.8 Å². The van der Waals surface area contributed by atoms with Gasteiger partial charge in [0.2, 0.25) is 5.89 Å². The van der Waals surface area contributed by atoms with E-state index in [1.165, 1.54) is 24.5 Å². The molecule has 0 bridgehead atoms. The fraction of sp³-hybridized carbons (Fsp3) is 0.250. The molecule has 0 amide bonds. The SMILES string of the molecule is CCc1coc(-c2ccc(O)cc2S(C)(=O)=O)n1. The van der Waals surface area contributed by atoms with Crippen molar-refractivity contribution in [1.29, 1.82) is 0 Å². The Labute approximate surface area is 105 Å². The molecule has 0 aliphatic carbocycles. The Kier molecular flexibility index (Phi) is 3.13. The van der Waals surface area contributed by atoms with Crippen molar-refractivity contribution in [3.63, 3.8) is 0 Å². The number of aryl methyl sites for hydroxylation is 1. The van der Waals surface area contributed by atoms with Crippen molar-refractivity contribution < 1.29 is 17.9 Å². The maximum absolute atomic E-state index is 11.7. The molecule has 0 radical (unpaired) electrons. The molecule has 1 aromatic heterocycles. The molecule has 2 aromatic rings. The van der Waals surface area contributed by atoms with Crippen LogP contribution in [0.5, 0.6) is 5.75 Å². The topological polar surface area (TPSA) is 80.4 Å². The van der Waals surface area contributed by atoms with Crippen LogP contribution in [0.2, 0.25) is 0 Å². The largest absolute Gasteiger partial charge is 0.508 e. The Morgan fingerprint density at radius 3 is 2.67 bits per heavy atom. The molecule has 0 spiro atoms. The Morgan fingerprint density at radius 2 is 2.11 bits per heavy atom. The molecule has 0 unspecified atom stereocenters. The summed E-state index contributed by atoms with van der Waals surface area (Å²) < 4.78 is 28.6. The highest BCUT2D eigenvalue weighted by molar-refractivity contribution is 7.90. The van der Waals surface area contributed by atoms with Crippen LogP contribution in [0.3, 0.4) is 0 Å². The molecule has 0 fully saturated rings. The quantitative estimate of drug-likeness (QED) is 0.920. The van der Waals surface area contributed by atoms with E-state index in [1.54, 1.807) is 0 Å². The van der Waals surface area contributed by atoms with Crippen molar-refractivity contribution >= 4 is 9.84 Å². The van der Waals surface area contributed by atoms with E-state index in [0.29, 0.717) is 12.0 Å². The summed E-state index contributed by atoms with van der Waals surface area (Å²) >= 11 is 0. The molecule has 0 atom stereocenters. The Morgan fingerprint density at radius 1 is 1.39 bits per heavy atom. The second kappa shape index (κ2) is 4.45. The molecule has 0 saturated carbocycles. The van der Waals surface area contributed by atoms with Crippen LogP contribution >= 0.6 is 0 Å². The first kappa shape index (κ1) is 12.6. The number of nitrogens with zero attached hydrogens (tertiary/aromatic N) is 1. The molecule has 1 aromatic carbocycles. The van der Waals surface area contributed by atoms with Crippen LogP contribution < -0.4 is 0 Å². The molecule has 0 saturated heterocycles. The number of aromatic hydroxyl groups is 1. The smallest absolute Gasteiger partial charge is 0.227 e. The van der Waals surface area contributed by atoms with E-state index in [0.717, 1.165) is 11.9 Å². The van der Waals surface area contributed by atoms with Gasteiger partial charge in [-0.25, -0.2) is 13.4 Å². The van der Waals surface area contributed by atoms with E-state index in [9.17, 15) is 13.5 Å². The maximum Gasteiger partial charge on any atom is 0.227 e. The predicted octanol–water partition coefficient (Wildman–Crippen LogP) is 2.01. The Bertz CT molecular complexity index is 673. The summed E-state index contributed by atoms with van der Waals surface area (Å²) in [6, 6.07) is 4.08. The van der Waals surface area contributed by atoms with Gasteiger partial charge >= 0.3 is 0 Å². The number of oxazole rings is 1. The van der Waals surface area contributed by atoms with Crippen molar-refractivity contribution in [2.75, 3.05) is 6.26 Å². The van der Waals surface area contributed by atoms with Gasteiger partial charge in [0, 0.05) is 6.26 Å². The van der Waals surface area contributed by atoms with Gasteiger partial charge in [-0.05, 0) is 24.6 Å². The van der Waals surface area contributed by atoms with Gasteiger partial charge in [0.25, 0.3) is 0 Å². The van der Waals surface area contributed by atoms with Gasteiger partial charge in [-0.15, -0.1) is 0 Å². The van der Waals surface area contributed by atoms with E-state index in [4.69, 9.17) is 4.42 Å². The van der Waals surface area contributed by atoms with E-state index >= 15 is 0 Å². The van der Waals surface area contributed by atoms with Crippen molar-refractivity contribution in [2.45, 2.75) is 18.2 Å². The summed E-state index contributed by atoms with van der Waals surface area (Å²) in [5.74, 6) is 0.133. The van der Waals surface area contributed by atoms with Gasteiger partial charge in [0.05, 0.1) is 16.2 Å². The minimum absolute atomic E-state index is 0.00648. The fourth-order valence-electron chi connectivity index (χ4n) is 1.59. The summed E-state index contributed by atoms with van der Waals surface area (Å²) in [5.41, 5.74) is 1.10. The molecule has 96 valence electrons. The zero-order chi connectivity index (χ0) is 13.3. The van der Waals surface area contributed by atoms with Gasteiger partial charge in [0.15, 0.2) is 9.84 Å². The summed E-state index contributed by atoms with van der Waals surface area (Å²) in [6.45, 7) is 1.93. The summed E-state index contributed by atoms with van der Waals surface area (Å²) in [7, 11) is -3.46. The minimum Gasteiger partial charge on any atom is -0.508 e. The minimum atomic E-state index is -3.46. The second-order valence-corrected chi connectivity index (χ2v) is 5.93. The summed E-state index contributed by atoms with van der Waals surface area (Å²) in [6.07, 6.45) is 3.28. The van der Waals surface area contributed by atoms with Gasteiger partial charge in [-0.2, -0.15) is 0 Å². The summed E-state index contributed by atoms with van der Waals surface area (Å²) in [4.78, 5) is 4.20. The van der Waals surface area contributed by atoms with Gasteiger partial charge in [0.1, 0.15) is 12.0 Å². The first-order chi connectivity index (χ1) is 8.41. The number of benzene rings is 1. The third-order valence-corrected chi connectivity index (χ3v) is 3.65. The number of hydrogen-bond donors (Lipinski definition) is 1. The number of phenols is 1. The average molecular weight is 267 g/mol. The third-order valence-electron chi connectivity index (χ3n) is 2.51. The number of rotatable bonds is 3. The molecule has 0 aliphatic rings. The molecule has 5 nitrogen and oxygen atoms in total. The maximum atomic E-state index is 11.7. The predicted molar refractivity (Wildman–Crippen MR) is 66.1 cm³/mol. The lowest BCUT2D eigenvalue weighted by molar-refractivity contribution is 0.473. The number of hydrogen-bond acceptors (Lipinski definition) is 5. The molecule has 1 heterocycles. The number of sulfone groups is 1. The third kappa shape index (κ3) is 2.38. The normalized spacial score (nSPS) is 11.7. The zero-order valence-electron chi connectivity index (χ0n) is 10.0. The number of aromatic nitrogens is 1. The number of phenolic OH excluding ortho intramolecular Hbond substituents is 1. The van der Waals surface area contributed by atoms with Crippen molar-refractivity contribution in [2.24, 2.45) is 0 Å². The highest BCUT2D eigenvalue weighted by Crippen LogP contribution is 2.29. The van der Waals surface area contributed by atoms with Crippen LogP contribution in [-0.2, 0) is 16.3 Å². The first-order valence-corrected chi connectivity index (χ1v) is 7.29. The monoisotopic (exact) mass is 267 g/mol. The van der Waals surface area contributed by atoms with Crippen LogP contribution in [-0.4, -0.2) is 24.8 Å². The van der Waals surface area contributed by atoms with E-state index < -0.39 is 9.84 Å². The highest BCUT2D eigenvalue weighted by Gasteiger charge is 2.18. The molecular formula is C12H13NO4S. The Hall–Kier alpha value is -1.82. The zero-order valence-corrected chi connectivity index (χ0v) is 10.9. The second-order valence-electron chi connectivity index (χ2n) is 3.95. The van der Waals surface area contributed by atoms with Crippen molar-refractivity contribution in [3.05, 3.63) is 30.2 Å². The van der Waals surface area contributed by atoms with E-state index in [-0.39, 0.29) is 16.5 Å². The Balaban J connectivity index is 2.64. The molecule has 1 N–H and O–H groups in total. The van der Waals surface area contributed by atoms with Crippen LogP contribution in [0, 0.1) is 0 Å². The molecule has 2 rings (SSSR count). The molecule has 6 heteroatoms. The van der Waals surface area contributed by atoms with E-state index in [1.807, 2.05) is 6.92 Å². The van der Waals surface area contributed by atoms with Gasteiger partial charge in [-0.1, -0.05) is 6.92 Å². The highest BCUT2D eigenvalue weighted by atomic mass is 32.2. The molecule has 0 aliphatic heterocycles. The van der Waals surface area contributed by atoms with E-state index in [2.05, 4.69) is 4.98 Å². The lowest BCUT2D eigenvalue weighted by Crippen LogP contribution is -2.00.